The van der Waals surface area contributed by atoms with Crippen molar-refractivity contribution in [3.05, 3.63) is 22.4 Å². The van der Waals surface area contributed by atoms with Crippen molar-refractivity contribution in [3.8, 4) is 0 Å². The first-order chi connectivity index (χ1) is 13.1. The molecule has 2 aliphatic heterocycles. The topological polar surface area (TPSA) is 74.0 Å². The molecule has 2 unspecified atom stereocenters. The number of hydrogen-bond acceptors (Lipinski definition) is 4. The van der Waals surface area contributed by atoms with Crippen molar-refractivity contribution in [2.75, 3.05) is 39.8 Å². The molecule has 28 heavy (non-hydrogen) atoms. The lowest BCUT2D eigenvalue weighted by Gasteiger charge is -2.36. The summed E-state index contributed by atoms with van der Waals surface area (Å²) in [7, 11) is 1.85. The number of halogens is 1. The van der Waals surface area contributed by atoms with Gasteiger partial charge in [-0.25, -0.2) is 0 Å². The second-order valence-corrected chi connectivity index (χ2v) is 8.91. The first-order valence-electron chi connectivity index (χ1n) is 10.1. The maximum atomic E-state index is 11.2. The van der Waals surface area contributed by atoms with Gasteiger partial charge in [0.2, 0.25) is 5.91 Å². The summed E-state index contributed by atoms with van der Waals surface area (Å²) in [4.78, 5) is 22.1. The largest absolute Gasteiger partial charge is 0.370 e. The third kappa shape index (κ3) is 7.18. The summed E-state index contributed by atoms with van der Waals surface area (Å²) in [6.45, 7) is 6.26. The molecule has 0 aromatic carbocycles. The van der Waals surface area contributed by atoms with E-state index in [2.05, 4.69) is 37.6 Å². The SMILES string of the molecule is CN=C(NCC1CCCN(Cc2cccs2)C1)N1CCCC(CC(N)=O)C1.I. The Kier molecular flexibility index (Phi) is 10.0. The predicted molar refractivity (Wildman–Crippen MR) is 127 cm³/mol. The molecule has 0 radical (unpaired) electrons. The predicted octanol–water partition coefficient (Wildman–Crippen LogP) is 2.74. The van der Waals surface area contributed by atoms with E-state index in [0.717, 1.165) is 51.5 Å². The number of carbonyl (C=O) groups is 1. The molecule has 3 heterocycles. The molecule has 8 heteroatoms. The highest BCUT2D eigenvalue weighted by molar-refractivity contribution is 14.0. The van der Waals surface area contributed by atoms with E-state index in [1.807, 2.05) is 18.4 Å². The van der Waals surface area contributed by atoms with Crippen LogP contribution in [0.15, 0.2) is 22.5 Å². The van der Waals surface area contributed by atoms with E-state index < -0.39 is 0 Å². The number of thiophene rings is 1. The summed E-state index contributed by atoms with van der Waals surface area (Å²) in [5.74, 6) is 1.78. The van der Waals surface area contributed by atoms with Crippen molar-refractivity contribution in [2.45, 2.75) is 38.6 Å². The summed E-state index contributed by atoms with van der Waals surface area (Å²) in [6.07, 6.45) is 5.19. The fraction of sp³-hybridized carbons (Fsp3) is 0.700. The zero-order chi connectivity index (χ0) is 19.1. The van der Waals surface area contributed by atoms with Gasteiger partial charge in [0.05, 0.1) is 0 Å². The number of nitrogens with one attached hydrogen (secondary N) is 1. The van der Waals surface area contributed by atoms with Crippen LogP contribution >= 0.6 is 35.3 Å². The van der Waals surface area contributed by atoms with Gasteiger partial charge >= 0.3 is 0 Å². The van der Waals surface area contributed by atoms with Crippen molar-refractivity contribution in [3.63, 3.8) is 0 Å². The van der Waals surface area contributed by atoms with Gasteiger partial charge in [-0.1, -0.05) is 6.07 Å². The average Bonchev–Trinajstić information content (AvgIpc) is 3.15. The van der Waals surface area contributed by atoms with Gasteiger partial charge in [-0.05, 0) is 55.5 Å². The molecule has 2 saturated heterocycles. The Morgan fingerprint density at radius 3 is 2.79 bits per heavy atom. The van der Waals surface area contributed by atoms with Crippen LogP contribution < -0.4 is 11.1 Å². The molecule has 0 spiro atoms. The van der Waals surface area contributed by atoms with Gasteiger partial charge in [0.15, 0.2) is 5.96 Å². The fourth-order valence-electron chi connectivity index (χ4n) is 4.36. The zero-order valence-corrected chi connectivity index (χ0v) is 20.0. The van der Waals surface area contributed by atoms with Crippen molar-refractivity contribution in [2.24, 2.45) is 22.6 Å². The van der Waals surface area contributed by atoms with E-state index in [1.165, 1.54) is 24.3 Å². The van der Waals surface area contributed by atoms with Crippen LogP contribution in [0.4, 0.5) is 0 Å². The molecule has 6 nitrogen and oxygen atoms in total. The van der Waals surface area contributed by atoms with Crippen molar-refractivity contribution >= 4 is 47.2 Å². The van der Waals surface area contributed by atoms with Crippen LogP contribution in [0, 0.1) is 11.8 Å². The van der Waals surface area contributed by atoms with Gasteiger partial charge in [0, 0.05) is 51.1 Å². The molecule has 3 N–H and O–H groups in total. The molecule has 1 aromatic rings. The highest BCUT2D eigenvalue weighted by Gasteiger charge is 2.25. The smallest absolute Gasteiger partial charge is 0.217 e. The van der Waals surface area contributed by atoms with Crippen molar-refractivity contribution in [1.29, 1.82) is 0 Å². The third-order valence-corrected chi connectivity index (χ3v) is 6.49. The molecule has 0 bridgehead atoms. The van der Waals surface area contributed by atoms with Gasteiger partial charge in [0.1, 0.15) is 0 Å². The van der Waals surface area contributed by atoms with Gasteiger partial charge in [0.25, 0.3) is 0 Å². The molecule has 2 atom stereocenters. The van der Waals surface area contributed by atoms with E-state index in [4.69, 9.17) is 5.73 Å². The number of likely N-dealkylation sites (tertiary alicyclic amines) is 2. The summed E-state index contributed by atoms with van der Waals surface area (Å²) < 4.78 is 0. The maximum absolute atomic E-state index is 11.2. The van der Waals surface area contributed by atoms with E-state index in [-0.39, 0.29) is 29.9 Å². The standard InChI is InChI=1S/C20H33N5OS.HI/c1-22-20(25-9-3-5-16(14-25)11-19(21)26)23-12-17-6-2-8-24(13-17)15-18-7-4-10-27-18;/h4,7,10,16-17H,2-3,5-6,8-9,11-15H2,1H3,(H2,21,26)(H,22,23);1H. The first kappa shape index (κ1) is 23.4. The number of amides is 1. The number of rotatable bonds is 6. The number of guanidine groups is 1. The molecule has 1 amide bonds. The van der Waals surface area contributed by atoms with Crippen molar-refractivity contribution in [1.82, 2.24) is 15.1 Å². The van der Waals surface area contributed by atoms with E-state index in [9.17, 15) is 4.79 Å². The Bertz CT molecular complexity index is 624. The Balaban J connectivity index is 0.00000280. The Labute approximate surface area is 190 Å². The molecule has 0 saturated carbocycles. The van der Waals surface area contributed by atoms with Gasteiger partial charge in [-0.15, -0.1) is 35.3 Å². The lowest BCUT2D eigenvalue weighted by Crippen LogP contribution is -2.49. The summed E-state index contributed by atoms with van der Waals surface area (Å²) in [5, 5.41) is 5.76. The lowest BCUT2D eigenvalue weighted by molar-refractivity contribution is -0.119. The molecule has 158 valence electrons. The maximum Gasteiger partial charge on any atom is 0.217 e. The fourth-order valence-corrected chi connectivity index (χ4v) is 5.11. The lowest BCUT2D eigenvalue weighted by atomic mass is 9.94. The quantitative estimate of drug-likeness (QED) is 0.345. The van der Waals surface area contributed by atoms with Crippen LogP contribution in [0.1, 0.15) is 37.0 Å². The summed E-state index contributed by atoms with van der Waals surface area (Å²) in [6, 6.07) is 4.37. The Morgan fingerprint density at radius 1 is 1.29 bits per heavy atom. The highest BCUT2D eigenvalue weighted by atomic mass is 127. The van der Waals surface area contributed by atoms with Gasteiger partial charge in [-0.2, -0.15) is 0 Å². The number of carbonyl (C=O) groups excluding carboxylic acids is 1. The van der Waals surface area contributed by atoms with Gasteiger partial charge < -0.3 is 16.0 Å². The molecular weight excluding hydrogens is 485 g/mol. The minimum Gasteiger partial charge on any atom is -0.370 e. The summed E-state index contributed by atoms with van der Waals surface area (Å²) >= 11 is 1.85. The number of hydrogen-bond donors (Lipinski definition) is 2. The Morgan fingerprint density at radius 2 is 2.07 bits per heavy atom. The second-order valence-electron chi connectivity index (χ2n) is 7.88. The zero-order valence-electron chi connectivity index (χ0n) is 16.8. The van der Waals surface area contributed by atoms with Crippen LogP contribution in [0.25, 0.3) is 0 Å². The molecule has 0 aliphatic carbocycles. The number of aliphatic imine (C=N–C) groups is 1. The number of piperidine rings is 2. The normalized spacial score (nSPS) is 23.9. The van der Waals surface area contributed by atoms with E-state index in [1.54, 1.807) is 0 Å². The van der Waals surface area contributed by atoms with Crippen LogP contribution in [-0.2, 0) is 11.3 Å². The highest BCUT2D eigenvalue weighted by Crippen LogP contribution is 2.21. The minimum absolute atomic E-state index is 0. The first-order valence-corrected chi connectivity index (χ1v) is 11.0. The van der Waals surface area contributed by atoms with Crippen molar-refractivity contribution < 1.29 is 4.79 Å². The third-order valence-electron chi connectivity index (χ3n) is 5.63. The van der Waals surface area contributed by atoms with Gasteiger partial charge in [-0.3, -0.25) is 14.7 Å². The van der Waals surface area contributed by atoms with Crippen LogP contribution in [-0.4, -0.2) is 61.4 Å². The number of nitrogens with zero attached hydrogens (tertiary/aromatic N) is 3. The van der Waals surface area contributed by atoms with Crippen LogP contribution in [0.2, 0.25) is 0 Å². The number of nitrogens with two attached hydrogens (primary N) is 1. The second kappa shape index (κ2) is 12.0. The van der Waals surface area contributed by atoms with E-state index >= 15 is 0 Å². The monoisotopic (exact) mass is 519 g/mol. The number of primary amides is 1. The molecule has 3 rings (SSSR count). The minimum atomic E-state index is -0.196. The summed E-state index contributed by atoms with van der Waals surface area (Å²) in [5.41, 5.74) is 5.39. The van der Waals surface area contributed by atoms with Crippen LogP contribution in [0.3, 0.4) is 0 Å². The molecule has 1 aromatic heterocycles. The average molecular weight is 519 g/mol. The van der Waals surface area contributed by atoms with Crippen LogP contribution in [0.5, 0.6) is 0 Å². The molecule has 2 aliphatic rings. The Hall–Kier alpha value is -0.870. The van der Waals surface area contributed by atoms with E-state index in [0.29, 0.717) is 18.3 Å². The molecule has 2 fully saturated rings. The molecular formula is C20H34IN5OS.